The predicted molar refractivity (Wildman–Crippen MR) is 133 cm³/mol. The number of aromatic carboxylic acids is 1. The molecule has 2 N–H and O–H groups in total. The van der Waals surface area contributed by atoms with Crippen LogP contribution in [-0.2, 0) is 11.3 Å². The lowest BCUT2D eigenvalue weighted by molar-refractivity contribution is -0.0336. The van der Waals surface area contributed by atoms with Crippen LogP contribution in [0.15, 0.2) is 72.9 Å². The lowest BCUT2D eigenvalue weighted by Gasteiger charge is -2.43. The van der Waals surface area contributed by atoms with Crippen molar-refractivity contribution in [2.75, 3.05) is 19.6 Å². The van der Waals surface area contributed by atoms with Gasteiger partial charge < -0.3 is 19.9 Å². The Balaban J connectivity index is 1.29. The highest BCUT2D eigenvalue weighted by Gasteiger charge is 2.36. The number of nitrogens with zero attached hydrogens (tertiary/aromatic N) is 2. The van der Waals surface area contributed by atoms with E-state index in [9.17, 15) is 9.59 Å². The van der Waals surface area contributed by atoms with E-state index in [-0.39, 0.29) is 18.3 Å². The Kier molecular flexibility index (Phi) is 7.13. The molecule has 3 aromatic rings. The number of hydrogen-bond acceptors (Lipinski definition) is 6. The van der Waals surface area contributed by atoms with Crippen LogP contribution in [0, 0.1) is 5.92 Å². The van der Waals surface area contributed by atoms with Crippen molar-refractivity contribution in [3.63, 3.8) is 0 Å². The summed E-state index contributed by atoms with van der Waals surface area (Å²) in [5, 5.41) is 12.1. The number of hydrogen-bond donors (Lipinski definition) is 2. The first kappa shape index (κ1) is 23.8. The van der Waals surface area contributed by atoms with Gasteiger partial charge in [0.2, 0.25) is 0 Å². The number of benzene rings is 2. The molecule has 1 amide bonds. The topological polar surface area (TPSA) is 101 Å². The minimum atomic E-state index is -1.02. The number of aromatic nitrogens is 1. The lowest BCUT2D eigenvalue weighted by atomic mass is 9.86. The van der Waals surface area contributed by atoms with Crippen LogP contribution in [0.2, 0.25) is 0 Å². The Bertz CT molecular complexity index is 1190. The Morgan fingerprint density at radius 2 is 1.81 bits per heavy atom. The summed E-state index contributed by atoms with van der Waals surface area (Å²) in [6.45, 7) is 3.17. The smallest absolute Gasteiger partial charge is 0.408 e. The van der Waals surface area contributed by atoms with Crippen molar-refractivity contribution < 1.29 is 24.2 Å². The third-order valence-electron chi connectivity index (χ3n) is 6.90. The van der Waals surface area contributed by atoms with Crippen molar-refractivity contribution in [3.8, 4) is 5.75 Å². The maximum absolute atomic E-state index is 13.0. The number of carboxylic acid groups (broad SMARTS) is 1. The molecule has 2 aromatic carbocycles. The number of fused-ring (bicyclic) bond motifs is 3. The second kappa shape index (κ2) is 10.8. The summed E-state index contributed by atoms with van der Waals surface area (Å²) >= 11 is 0. The van der Waals surface area contributed by atoms with E-state index in [4.69, 9.17) is 14.6 Å². The molecule has 0 spiro atoms. The normalized spacial score (nSPS) is 21.4. The molecule has 0 saturated carbocycles. The van der Waals surface area contributed by atoms with Crippen LogP contribution in [0.4, 0.5) is 4.79 Å². The molecular formula is C28H29N3O5. The average Bonchev–Trinajstić information content (AvgIpc) is 2.92. The van der Waals surface area contributed by atoms with Crippen molar-refractivity contribution in [1.82, 2.24) is 15.2 Å². The number of nitrogens with one attached hydrogen (secondary N) is 1. The Labute approximate surface area is 209 Å². The summed E-state index contributed by atoms with van der Waals surface area (Å²) in [6.07, 6.45) is 2.98. The van der Waals surface area contributed by atoms with Crippen LogP contribution in [-0.4, -0.2) is 52.8 Å². The van der Waals surface area contributed by atoms with E-state index in [1.54, 1.807) is 6.07 Å². The minimum Gasteiger partial charge on any atom is -0.487 e. The first-order valence-electron chi connectivity index (χ1n) is 12.2. The van der Waals surface area contributed by atoms with E-state index in [0.717, 1.165) is 43.6 Å². The van der Waals surface area contributed by atoms with Crippen molar-refractivity contribution in [1.29, 1.82) is 0 Å². The van der Waals surface area contributed by atoms with Gasteiger partial charge in [0, 0.05) is 12.7 Å². The van der Waals surface area contributed by atoms with Gasteiger partial charge in [-0.05, 0) is 67.2 Å². The van der Waals surface area contributed by atoms with E-state index in [1.807, 2.05) is 54.6 Å². The molecule has 3 saturated heterocycles. The number of ether oxygens (including phenoxy) is 2. The standard InChI is InChI=1S/C28H29N3O5/c32-27(33)22-9-10-23(29-16-22)18-35-24-8-4-7-21(15-24)26(20-5-2-1-3-6-20)30-28(34)36-25-17-31-13-11-19(25)12-14-31/h1-10,15-16,19,25-26H,11-14,17-18H2,(H,30,34)(H,32,33)/t25-,26?/m0/s1. The molecule has 6 rings (SSSR count). The van der Waals surface area contributed by atoms with Crippen LogP contribution < -0.4 is 10.1 Å². The molecule has 2 atom stereocenters. The number of pyridine rings is 1. The zero-order chi connectivity index (χ0) is 24.9. The number of amides is 1. The molecular weight excluding hydrogens is 458 g/mol. The second-order valence-electron chi connectivity index (χ2n) is 9.27. The summed E-state index contributed by atoms with van der Waals surface area (Å²) in [7, 11) is 0. The highest BCUT2D eigenvalue weighted by Crippen LogP contribution is 2.30. The predicted octanol–water partition coefficient (Wildman–Crippen LogP) is 4.27. The maximum Gasteiger partial charge on any atom is 0.408 e. The van der Waals surface area contributed by atoms with Crippen molar-refractivity contribution in [3.05, 3.63) is 95.3 Å². The van der Waals surface area contributed by atoms with E-state index >= 15 is 0 Å². The zero-order valence-corrected chi connectivity index (χ0v) is 19.9. The molecule has 3 aliphatic heterocycles. The monoisotopic (exact) mass is 487 g/mol. The van der Waals surface area contributed by atoms with Gasteiger partial charge in [0.1, 0.15) is 18.5 Å². The molecule has 0 radical (unpaired) electrons. The van der Waals surface area contributed by atoms with Crippen LogP contribution >= 0.6 is 0 Å². The van der Waals surface area contributed by atoms with Crippen molar-refractivity contribution >= 4 is 12.1 Å². The van der Waals surface area contributed by atoms with E-state index in [0.29, 0.717) is 17.4 Å². The van der Waals surface area contributed by atoms with Gasteiger partial charge in [0.05, 0.1) is 17.3 Å². The van der Waals surface area contributed by atoms with Gasteiger partial charge in [0.15, 0.2) is 0 Å². The summed E-state index contributed by atoms with van der Waals surface area (Å²) in [5.74, 6) is 0.0325. The third kappa shape index (κ3) is 5.66. The fourth-order valence-corrected chi connectivity index (χ4v) is 4.92. The van der Waals surface area contributed by atoms with Crippen LogP contribution in [0.25, 0.3) is 0 Å². The zero-order valence-electron chi connectivity index (χ0n) is 19.9. The Hall–Kier alpha value is -3.91. The molecule has 0 aliphatic carbocycles. The highest BCUT2D eigenvalue weighted by atomic mass is 16.6. The Morgan fingerprint density at radius 1 is 1.03 bits per heavy atom. The fourth-order valence-electron chi connectivity index (χ4n) is 4.92. The average molecular weight is 488 g/mol. The van der Waals surface area contributed by atoms with Gasteiger partial charge in [-0.15, -0.1) is 0 Å². The fraction of sp³-hybridized carbons (Fsp3) is 0.321. The summed E-state index contributed by atoms with van der Waals surface area (Å²) in [4.78, 5) is 30.5. The molecule has 4 heterocycles. The van der Waals surface area contributed by atoms with Crippen LogP contribution in [0.1, 0.15) is 46.1 Å². The first-order chi connectivity index (χ1) is 17.5. The molecule has 8 heteroatoms. The van der Waals surface area contributed by atoms with Gasteiger partial charge in [-0.3, -0.25) is 9.88 Å². The van der Waals surface area contributed by atoms with Gasteiger partial charge >= 0.3 is 12.1 Å². The largest absolute Gasteiger partial charge is 0.487 e. The number of piperidine rings is 3. The molecule has 186 valence electrons. The number of carbonyl (C=O) groups is 2. The molecule has 1 unspecified atom stereocenters. The van der Waals surface area contributed by atoms with Crippen LogP contribution in [0.3, 0.4) is 0 Å². The lowest BCUT2D eigenvalue weighted by Crippen LogP contribution is -2.52. The summed E-state index contributed by atoms with van der Waals surface area (Å²) < 4.78 is 11.8. The number of carboxylic acids is 1. The van der Waals surface area contributed by atoms with E-state index < -0.39 is 18.1 Å². The Morgan fingerprint density at radius 3 is 2.47 bits per heavy atom. The van der Waals surface area contributed by atoms with E-state index in [1.165, 1.54) is 12.3 Å². The molecule has 3 fully saturated rings. The van der Waals surface area contributed by atoms with Crippen molar-refractivity contribution in [2.45, 2.75) is 31.6 Å². The molecule has 36 heavy (non-hydrogen) atoms. The highest BCUT2D eigenvalue weighted by molar-refractivity contribution is 5.87. The number of rotatable bonds is 8. The minimum absolute atomic E-state index is 0.0707. The molecule has 3 aliphatic rings. The van der Waals surface area contributed by atoms with Gasteiger partial charge in [-0.1, -0.05) is 42.5 Å². The van der Waals surface area contributed by atoms with Crippen LogP contribution in [0.5, 0.6) is 5.75 Å². The van der Waals surface area contributed by atoms with Gasteiger partial charge in [-0.2, -0.15) is 0 Å². The van der Waals surface area contributed by atoms with Gasteiger partial charge in [-0.25, -0.2) is 9.59 Å². The molecule has 1 aromatic heterocycles. The molecule has 2 bridgehead atoms. The van der Waals surface area contributed by atoms with Gasteiger partial charge in [0.25, 0.3) is 0 Å². The quantitative estimate of drug-likeness (QED) is 0.489. The summed E-state index contributed by atoms with van der Waals surface area (Å²) in [6, 6.07) is 20.0. The number of alkyl carbamates (subject to hydrolysis) is 1. The number of carbonyl (C=O) groups excluding carboxylic acids is 1. The second-order valence-corrected chi connectivity index (χ2v) is 9.27. The SMILES string of the molecule is O=C(NC(c1ccccc1)c1cccc(OCc2ccc(C(=O)O)cn2)c1)O[C@H]1CN2CCC1CC2. The first-order valence-corrected chi connectivity index (χ1v) is 12.2. The maximum atomic E-state index is 13.0. The van der Waals surface area contributed by atoms with E-state index in [2.05, 4.69) is 15.2 Å². The summed E-state index contributed by atoms with van der Waals surface area (Å²) in [5.41, 5.74) is 2.54. The molecule has 8 nitrogen and oxygen atoms in total. The van der Waals surface area contributed by atoms with Crippen molar-refractivity contribution in [2.24, 2.45) is 5.92 Å². The third-order valence-corrected chi connectivity index (χ3v) is 6.90.